The van der Waals surface area contributed by atoms with Crippen LogP contribution in [0.25, 0.3) is 0 Å². The van der Waals surface area contributed by atoms with Crippen molar-refractivity contribution in [3.05, 3.63) is 0 Å². The molecule has 0 aliphatic carbocycles. The van der Waals surface area contributed by atoms with Crippen LogP contribution in [0.5, 0.6) is 0 Å². The zero-order valence-electron chi connectivity index (χ0n) is 2.83. The average Bonchev–Trinajstić information content (AvgIpc) is 0.811. The second-order valence-corrected chi connectivity index (χ2v) is 0.981. The van der Waals surface area contributed by atoms with Crippen LogP contribution in [-0.2, 0) is 43.8 Å². The van der Waals surface area contributed by atoms with E-state index in [9.17, 15) is 0 Å². The molecular formula is H4BiMoO3V. The standard InChI is InChI=1S/Bi.Mo.H2O.2O.V.3H/h;;1H2;;;;;;/q;;;;;+1;;;/p-1. The van der Waals surface area contributed by atoms with Crippen molar-refractivity contribution in [2.45, 2.75) is 0 Å². The van der Waals surface area contributed by atoms with Crippen LogP contribution in [0.15, 0.2) is 0 Å². The van der Waals surface area contributed by atoms with Crippen LogP contribution in [0, 0.1) is 0 Å². The van der Waals surface area contributed by atoms with Gasteiger partial charge in [0.2, 0.25) is 0 Å². The van der Waals surface area contributed by atoms with E-state index in [1.54, 1.807) is 0 Å². The fourth-order valence-corrected chi connectivity index (χ4v) is 0. The van der Waals surface area contributed by atoms with Crippen molar-refractivity contribution in [1.82, 2.24) is 0 Å². The first-order valence-corrected chi connectivity index (χ1v) is 2.33. The molecule has 0 saturated heterocycles. The zero-order chi connectivity index (χ0) is 3.58. The Labute approximate surface area is 73.3 Å². The maximum absolute atomic E-state index is 8.67. The molecule has 6 heteroatoms. The second-order valence-electron chi connectivity index (χ2n) is 0.238. The topological polar surface area (TPSA) is 54.4 Å². The van der Waals surface area contributed by atoms with Gasteiger partial charge in [0.25, 0.3) is 0 Å². The molecule has 0 aliphatic rings. The van der Waals surface area contributed by atoms with E-state index in [1.807, 2.05) is 0 Å². The van der Waals surface area contributed by atoms with Gasteiger partial charge in [-0.3, -0.25) is 0 Å². The fourth-order valence-electron chi connectivity index (χ4n) is 0. The van der Waals surface area contributed by atoms with Gasteiger partial charge in [-0.05, 0) is 0 Å². The molecule has 0 atom stereocenters. The van der Waals surface area contributed by atoms with Crippen molar-refractivity contribution >= 4 is 26.2 Å². The summed E-state index contributed by atoms with van der Waals surface area (Å²) in [4.78, 5) is 0. The minimum atomic E-state index is -3.69. The molecule has 1 N–H and O–H groups in total. The zero-order valence-corrected chi connectivity index (χ0v) is 11.7. The first-order valence-electron chi connectivity index (χ1n) is 0.565. The van der Waals surface area contributed by atoms with Crippen molar-refractivity contribution in [2.75, 3.05) is 0 Å². The molecule has 0 aliphatic heterocycles. The molecule has 0 aromatic carbocycles. The van der Waals surface area contributed by atoms with E-state index in [1.165, 1.54) is 0 Å². The minimum absolute atomic E-state index is 0. The summed E-state index contributed by atoms with van der Waals surface area (Å²) in [5.74, 6) is 0. The molecular weight excluding hydrogens is 404 g/mol. The van der Waals surface area contributed by atoms with E-state index >= 15 is 0 Å². The maximum atomic E-state index is 8.67. The first kappa shape index (κ1) is 15.6. The van der Waals surface area contributed by atoms with Gasteiger partial charge in [-0.2, -0.15) is 0 Å². The van der Waals surface area contributed by atoms with Crippen molar-refractivity contribution in [3.8, 4) is 0 Å². The van der Waals surface area contributed by atoms with E-state index in [0.717, 1.165) is 0 Å². The molecule has 0 spiro atoms. The Hall–Kier alpha value is 1.72. The van der Waals surface area contributed by atoms with Gasteiger partial charge in [0.15, 0.2) is 0 Å². The fraction of sp³-hybridized carbons (Fsp3) is 0. The molecule has 0 heterocycles. The Kier molecular flexibility index (Phi) is 25.7. The van der Waals surface area contributed by atoms with Crippen LogP contribution >= 0.6 is 0 Å². The van der Waals surface area contributed by atoms with E-state index in [-0.39, 0.29) is 47.3 Å². The Balaban J connectivity index is -0.0000000450. The van der Waals surface area contributed by atoms with Gasteiger partial charge in [-0.1, -0.05) is 0 Å². The van der Waals surface area contributed by atoms with Gasteiger partial charge in [-0.25, -0.2) is 0 Å². The number of hydrogen-bond acceptors (Lipinski definition) is 2. The average molecular weight is 408 g/mol. The van der Waals surface area contributed by atoms with E-state index in [4.69, 9.17) is 11.4 Å². The molecule has 0 saturated carbocycles. The molecule has 0 fully saturated rings. The molecule has 3 nitrogen and oxygen atoms in total. The summed E-state index contributed by atoms with van der Waals surface area (Å²) in [7, 11) is 0. The van der Waals surface area contributed by atoms with Gasteiger partial charge in [0.05, 0.1) is 0 Å². The molecule has 0 aromatic heterocycles. The third-order valence-electron chi connectivity index (χ3n) is 0. The Bertz CT molecular complexity index is 59.2. The molecule has 0 unspecified atom stereocenters. The summed E-state index contributed by atoms with van der Waals surface area (Å²) in [5, 5.41) is 0. The summed E-state index contributed by atoms with van der Waals surface area (Å²) in [6.07, 6.45) is 0. The third kappa shape index (κ3) is 43.2. The molecule has 38 valence electrons. The molecule has 0 rings (SSSR count). The van der Waals surface area contributed by atoms with Gasteiger partial charge in [0.1, 0.15) is 0 Å². The summed E-state index contributed by atoms with van der Waals surface area (Å²) in [6.45, 7) is 0. The van der Waals surface area contributed by atoms with E-state index in [0.29, 0.717) is 0 Å². The summed E-state index contributed by atoms with van der Waals surface area (Å²) >= 11 is -3.69. The van der Waals surface area contributed by atoms with Crippen LogP contribution in [0.4, 0.5) is 0 Å². The summed E-state index contributed by atoms with van der Waals surface area (Å²) in [5.41, 5.74) is 0. The normalized spacial score (nSPS) is 4.17. The number of rotatable bonds is 0. The Morgan fingerprint density at radius 1 is 1.33 bits per heavy atom. The van der Waals surface area contributed by atoms with Crippen LogP contribution in [0.1, 0.15) is 0 Å². The SMILES string of the molecule is [BiH3].[Mo].[O]=[V](=[O])[OH]. The molecule has 0 bridgehead atoms. The van der Waals surface area contributed by atoms with Gasteiger partial charge in [-0.15, -0.1) is 0 Å². The second kappa shape index (κ2) is 9.87. The van der Waals surface area contributed by atoms with Crippen molar-refractivity contribution in [1.29, 1.82) is 0 Å². The number of hydrogen-bond donors (Lipinski definition) is 1. The molecule has 0 amide bonds. The first-order chi connectivity index (χ1) is 1.73. The van der Waals surface area contributed by atoms with Crippen molar-refractivity contribution in [2.24, 2.45) is 0 Å². The van der Waals surface area contributed by atoms with Gasteiger partial charge >= 0.3 is 53.0 Å². The molecule has 0 radical (unpaired) electrons. The van der Waals surface area contributed by atoms with Crippen LogP contribution in [0.3, 0.4) is 0 Å². The summed E-state index contributed by atoms with van der Waals surface area (Å²) < 4.78 is 24.4. The monoisotopic (exact) mass is 410 g/mol. The van der Waals surface area contributed by atoms with Crippen molar-refractivity contribution in [3.63, 3.8) is 0 Å². The van der Waals surface area contributed by atoms with Crippen LogP contribution < -0.4 is 0 Å². The quantitative estimate of drug-likeness (QED) is 0.473. The van der Waals surface area contributed by atoms with E-state index < -0.39 is 15.4 Å². The Morgan fingerprint density at radius 2 is 1.33 bits per heavy atom. The molecule has 0 aromatic rings. The van der Waals surface area contributed by atoms with Gasteiger partial charge < -0.3 is 0 Å². The predicted molar refractivity (Wildman–Crippen MR) is 13.5 cm³/mol. The van der Waals surface area contributed by atoms with Gasteiger partial charge in [0, 0.05) is 21.1 Å². The van der Waals surface area contributed by atoms with Crippen molar-refractivity contribution < 1.29 is 47.8 Å². The predicted octanol–water partition coefficient (Wildman–Crippen LogP) is -1.98. The molecule has 6 heavy (non-hydrogen) atoms. The van der Waals surface area contributed by atoms with Crippen LogP contribution in [0.2, 0.25) is 0 Å². The summed E-state index contributed by atoms with van der Waals surface area (Å²) in [6, 6.07) is 0. The van der Waals surface area contributed by atoms with Crippen LogP contribution in [-0.4, -0.2) is 30.2 Å². The van der Waals surface area contributed by atoms with E-state index in [2.05, 4.69) is 0 Å². The third-order valence-corrected chi connectivity index (χ3v) is 0. The Morgan fingerprint density at radius 3 is 1.33 bits per heavy atom.